The van der Waals surface area contributed by atoms with E-state index in [9.17, 15) is 9.18 Å². The number of carbonyl (C=O) groups excluding carboxylic acids is 1. The zero-order valence-electron chi connectivity index (χ0n) is 14.3. The van der Waals surface area contributed by atoms with Crippen molar-refractivity contribution < 1.29 is 9.18 Å². The van der Waals surface area contributed by atoms with E-state index in [2.05, 4.69) is 27.8 Å². The lowest BCUT2D eigenvalue weighted by atomic mass is 10.1. The number of nitrogens with zero attached hydrogens (tertiary/aromatic N) is 1. The van der Waals surface area contributed by atoms with Crippen LogP contribution in [0.4, 0.5) is 15.8 Å². The highest BCUT2D eigenvalue weighted by atomic mass is 19.1. The lowest BCUT2D eigenvalue weighted by Crippen LogP contribution is -2.25. The molecular weight excluding hydrogens is 329 g/mol. The third-order valence-corrected chi connectivity index (χ3v) is 3.92. The van der Waals surface area contributed by atoms with Crippen molar-refractivity contribution in [1.82, 2.24) is 10.3 Å². The van der Waals surface area contributed by atoms with Gasteiger partial charge in [-0.1, -0.05) is 42.5 Å². The van der Waals surface area contributed by atoms with E-state index in [4.69, 9.17) is 0 Å². The number of rotatable bonds is 7. The Kier molecular flexibility index (Phi) is 5.93. The molecule has 1 aromatic heterocycles. The molecule has 2 N–H and O–H groups in total. The molecule has 0 saturated carbocycles. The second kappa shape index (κ2) is 8.76. The van der Waals surface area contributed by atoms with Crippen LogP contribution in [0.15, 0.2) is 73.1 Å². The first kappa shape index (κ1) is 17.6. The molecule has 132 valence electrons. The van der Waals surface area contributed by atoms with E-state index < -0.39 is 0 Å². The number of nitrogens with one attached hydrogen (secondary N) is 2. The Morgan fingerprint density at radius 3 is 2.58 bits per heavy atom. The van der Waals surface area contributed by atoms with Crippen molar-refractivity contribution in [3.8, 4) is 0 Å². The summed E-state index contributed by atoms with van der Waals surface area (Å²) in [5, 5.41) is 5.83. The number of carbonyl (C=O) groups is 1. The van der Waals surface area contributed by atoms with E-state index >= 15 is 0 Å². The van der Waals surface area contributed by atoms with Gasteiger partial charge >= 0.3 is 0 Å². The van der Waals surface area contributed by atoms with E-state index in [1.807, 2.05) is 18.2 Å². The van der Waals surface area contributed by atoms with Crippen LogP contribution in [-0.4, -0.2) is 17.4 Å². The summed E-state index contributed by atoms with van der Waals surface area (Å²) in [5.41, 5.74) is 2.59. The van der Waals surface area contributed by atoms with Gasteiger partial charge in [0.25, 0.3) is 5.91 Å². The molecule has 0 saturated heterocycles. The van der Waals surface area contributed by atoms with Gasteiger partial charge in [-0.05, 0) is 36.6 Å². The topological polar surface area (TPSA) is 54.0 Å². The molecule has 0 fully saturated rings. The van der Waals surface area contributed by atoms with Crippen LogP contribution in [0.3, 0.4) is 0 Å². The molecule has 0 spiro atoms. The smallest absolute Gasteiger partial charge is 0.252 e. The number of pyridine rings is 1. The van der Waals surface area contributed by atoms with Gasteiger partial charge in [-0.15, -0.1) is 0 Å². The van der Waals surface area contributed by atoms with Gasteiger partial charge in [0, 0.05) is 12.7 Å². The largest absolute Gasteiger partial charge is 0.352 e. The van der Waals surface area contributed by atoms with Crippen molar-refractivity contribution in [2.45, 2.75) is 12.8 Å². The molecule has 0 aliphatic heterocycles. The number of aryl methyl sites for hydroxylation is 1. The first-order valence-electron chi connectivity index (χ1n) is 8.51. The molecule has 4 nitrogen and oxygen atoms in total. The minimum Gasteiger partial charge on any atom is -0.352 e. The first-order valence-corrected chi connectivity index (χ1v) is 8.51. The number of anilines is 2. The maximum Gasteiger partial charge on any atom is 0.252 e. The van der Waals surface area contributed by atoms with Crippen molar-refractivity contribution in [3.05, 3.63) is 90.0 Å². The van der Waals surface area contributed by atoms with E-state index in [0.717, 1.165) is 12.8 Å². The Morgan fingerprint density at radius 1 is 1.00 bits per heavy atom. The van der Waals surface area contributed by atoms with Crippen molar-refractivity contribution in [1.29, 1.82) is 0 Å². The van der Waals surface area contributed by atoms with Gasteiger partial charge in [0.05, 0.1) is 23.1 Å². The minimum absolute atomic E-state index is 0.192. The molecular formula is C21H20FN3O. The molecule has 0 atom stereocenters. The summed E-state index contributed by atoms with van der Waals surface area (Å²) < 4.78 is 13.7. The summed E-state index contributed by atoms with van der Waals surface area (Å²) in [5.74, 6) is -0.550. The van der Waals surface area contributed by atoms with Crippen molar-refractivity contribution >= 4 is 17.3 Å². The van der Waals surface area contributed by atoms with Gasteiger partial charge in [0.1, 0.15) is 5.82 Å². The summed E-state index contributed by atoms with van der Waals surface area (Å²) in [6.07, 6.45) is 4.82. The van der Waals surface area contributed by atoms with Crippen molar-refractivity contribution in [3.63, 3.8) is 0 Å². The average molecular weight is 349 g/mol. The maximum absolute atomic E-state index is 13.7. The lowest BCUT2D eigenvalue weighted by molar-refractivity contribution is 0.0953. The summed E-state index contributed by atoms with van der Waals surface area (Å²) in [4.78, 5) is 16.3. The number of hydrogen-bond donors (Lipinski definition) is 2. The van der Waals surface area contributed by atoms with E-state index in [1.165, 1.54) is 17.8 Å². The second-order valence-electron chi connectivity index (χ2n) is 5.91. The fourth-order valence-electron chi connectivity index (χ4n) is 2.59. The van der Waals surface area contributed by atoms with Gasteiger partial charge in [0.15, 0.2) is 0 Å². The molecule has 1 amide bonds. The number of benzene rings is 2. The number of amides is 1. The van der Waals surface area contributed by atoms with Gasteiger partial charge in [-0.3, -0.25) is 9.78 Å². The van der Waals surface area contributed by atoms with Crippen molar-refractivity contribution in [2.75, 3.05) is 11.9 Å². The number of aromatic nitrogens is 1. The number of para-hydroxylation sites is 1. The summed E-state index contributed by atoms with van der Waals surface area (Å²) in [7, 11) is 0. The third-order valence-electron chi connectivity index (χ3n) is 3.92. The van der Waals surface area contributed by atoms with Gasteiger partial charge in [-0.25, -0.2) is 4.39 Å². The Labute approximate surface area is 152 Å². The predicted octanol–water partition coefficient (Wildman–Crippen LogP) is 4.33. The predicted molar refractivity (Wildman–Crippen MR) is 101 cm³/mol. The summed E-state index contributed by atoms with van der Waals surface area (Å²) >= 11 is 0. The van der Waals surface area contributed by atoms with Crippen LogP contribution < -0.4 is 10.6 Å². The highest BCUT2D eigenvalue weighted by Gasteiger charge is 2.08. The number of halogens is 1. The molecule has 5 heteroatoms. The van der Waals surface area contributed by atoms with Crippen molar-refractivity contribution in [2.24, 2.45) is 0 Å². The summed E-state index contributed by atoms with van der Waals surface area (Å²) in [6.45, 7) is 0.582. The Hall–Kier alpha value is -3.21. The summed E-state index contributed by atoms with van der Waals surface area (Å²) in [6, 6.07) is 18.2. The Bertz CT molecular complexity index is 868. The lowest BCUT2D eigenvalue weighted by Gasteiger charge is -2.09. The molecule has 0 bridgehead atoms. The van der Waals surface area contributed by atoms with Crippen LogP contribution >= 0.6 is 0 Å². The van der Waals surface area contributed by atoms with Crippen LogP contribution in [0.25, 0.3) is 0 Å². The third kappa shape index (κ3) is 4.89. The monoisotopic (exact) mass is 349 g/mol. The molecule has 2 aromatic carbocycles. The van der Waals surface area contributed by atoms with Crippen LogP contribution in [0, 0.1) is 5.82 Å². The minimum atomic E-state index is -0.358. The molecule has 3 rings (SSSR count). The highest BCUT2D eigenvalue weighted by molar-refractivity contribution is 5.94. The molecule has 0 aliphatic carbocycles. The number of hydrogen-bond acceptors (Lipinski definition) is 3. The molecule has 3 aromatic rings. The zero-order valence-corrected chi connectivity index (χ0v) is 14.3. The Morgan fingerprint density at radius 2 is 1.77 bits per heavy atom. The normalized spacial score (nSPS) is 10.3. The van der Waals surface area contributed by atoms with Gasteiger partial charge in [0.2, 0.25) is 0 Å². The van der Waals surface area contributed by atoms with Crippen LogP contribution in [0.5, 0.6) is 0 Å². The van der Waals surface area contributed by atoms with Crippen LogP contribution in [0.1, 0.15) is 22.3 Å². The van der Waals surface area contributed by atoms with E-state index in [0.29, 0.717) is 23.5 Å². The molecule has 0 aliphatic rings. The fraction of sp³-hybridized carbons (Fsp3) is 0.143. The fourth-order valence-corrected chi connectivity index (χ4v) is 2.59. The van der Waals surface area contributed by atoms with Crippen LogP contribution in [0.2, 0.25) is 0 Å². The Balaban J connectivity index is 1.54. The van der Waals surface area contributed by atoms with Crippen LogP contribution in [-0.2, 0) is 6.42 Å². The average Bonchev–Trinajstić information content (AvgIpc) is 2.68. The standard InChI is InChI=1S/C21H20FN3O/c22-19-10-4-5-11-20(19)25-18-13-17(14-23-15-18)21(26)24-12-6-9-16-7-2-1-3-8-16/h1-5,7-8,10-11,13-15,25H,6,9,12H2,(H,24,26). The molecule has 1 heterocycles. The zero-order chi connectivity index (χ0) is 18.2. The van der Waals surface area contributed by atoms with Gasteiger partial charge in [-0.2, -0.15) is 0 Å². The molecule has 0 unspecified atom stereocenters. The van der Waals surface area contributed by atoms with E-state index in [1.54, 1.807) is 30.5 Å². The molecule has 26 heavy (non-hydrogen) atoms. The second-order valence-corrected chi connectivity index (χ2v) is 5.91. The maximum atomic E-state index is 13.7. The van der Waals surface area contributed by atoms with Gasteiger partial charge < -0.3 is 10.6 Å². The SMILES string of the molecule is O=C(NCCCc1ccccc1)c1cncc(Nc2ccccc2F)c1. The molecule has 0 radical (unpaired) electrons. The quantitative estimate of drug-likeness (QED) is 0.624. The first-order chi connectivity index (χ1) is 12.7. The highest BCUT2D eigenvalue weighted by Crippen LogP contribution is 2.19. The van der Waals surface area contributed by atoms with E-state index in [-0.39, 0.29) is 11.7 Å².